The van der Waals surface area contributed by atoms with Gasteiger partial charge in [-0.25, -0.2) is 0 Å². The number of anilines is 3. The number of fused-ring (bicyclic) bond motifs is 8. The van der Waals surface area contributed by atoms with Gasteiger partial charge in [0.05, 0.1) is 5.69 Å². The Morgan fingerprint density at radius 3 is 1.49 bits per heavy atom. The molecule has 2 nitrogen and oxygen atoms in total. The molecular formula is C66H43NO. The second-order valence-corrected chi connectivity index (χ2v) is 17.5. The maximum atomic E-state index is 6.58. The first kappa shape index (κ1) is 39.4. The first-order valence-electron chi connectivity index (χ1n) is 23.3. The third-order valence-electron chi connectivity index (χ3n) is 13.7. The molecule has 13 aromatic rings. The standard InChI is InChI=1S/C66H43NO/c1-4-17-45(18-5-1)53-24-14-15-29-61(53)67(52-39-33-47(34-40-52)54-28-16-30-62-65(54)59-42-35-46-19-10-11-25-55(46)66(59)68-62)51-37-31-44(32-38-51)50-36-41-57-56-26-12-13-27-58(56)63(48-20-6-2-7-21-48)64(60(57)43-50)49-22-8-3-9-23-49/h1-43H. The lowest BCUT2D eigenvalue weighted by Crippen LogP contribution is -2.11. The largest absolute Gasteiger partial charge is 0.455 e. The summed E-state index contributed by atoms with van der Waals surface area (Å²) < 4.78 is 6.58. The number of para-hydroxylation sites is 1. The molecule has 0 saturated carbocycles. The van der Waals surface area contributed by atoms with Gasteiger partial charge < -0.3 is 9.32 Å². The lowest BCUT2D eigenvalue weighted by molar-refractivity contribution is 0.673. The van der Waals surface area contributed by atoms with E-state index in [1.54, 1.807) is 0 Å². The van der Waals surface area contributed by atoms with Crippen LogP contribution in [-0.2, 0) is 0 Å². The summed E-state index contributed by atoms with van der Waals surface area (Å²) in [7, 11) is 0. The van der Waals surface area contributed by atoms with Crippen LogP contribution in [0, 0.1) is 0 Å². The molecule has 0 radical (unpaired) electrons. The highest BCUT2D eigenvalue weighted by molar-refractivity contribution is 6.22. The Kier molecular flexibility index (Phi) is 9.54. The zero-order valence-electron chi connectivity index (χ0n) is 37.2. The summed E-state index contributed by atoms with van der Waals surface area (Å²) in [5.74, 6) is 0. The van der Waals surface area contributed by atoms with Crippen molar-refractivity contribution in [3.05, 3.63) is 261 Å². The van der Waals surface area contributed by atoms with Crippen LogP contribution in [0.25, 0.3) is 110 Å². The van der Waals surface area contributed by atoms with Gasteiger partial charge in [-0.2, -0.15) is 0 Å². The van der Waals surface area contributed by atoms with Crippen LogP contribution in [0.5, 0.6) is 0 Å². The van der Waals surface area contributed by atoms with Crippen molar-refractivity contribution in [2.75, 3.05) is 4.90 Å². The van der Waals surface area contributed by atoms with E-state index in [1.807, 2.05) is 0 Å². The minimum Gasteiger partial charge on any atom is -0.455 e. The van der Waals surface area contributed by atoms with Gasteiger partial charge >= 0.3 is 0 Å². The van der Waals surface area contributed by atoms with Gasteiger partial charge in [-0.3, -0.25) is 0 Å². The van der Waals surface area contributed by atoms with Gasteiger partial charge in [-0.1, -0.05) is 212 Å². The Morgan fingerprint density at radius 2 is 0.779 bits per heavy atom. The first-order chi connectivity index (χ1) is 33.7. The molecule has 68 heavy (non-hydrogen) atoms. The maximum Gasteiger partial charge on any atom is 0.143 e. The molecule has 0 N–H and O–H groups in total. The predicted molar refractivity (Wildman–Crippen MR) is 288 cm³/mol. The van der Waals surface area contributed by atoms with E-state index in [-0.39, 0.29) is 0 Å². The monoisotopic (exact) mass is 865 g/mol. The van der Waals surface area contributed by atoms with E-state index in [0.29, 0.717) is 0 Å². The van der Waals surface area contributed by atoms with Gasteiger partial charge in [0, 0.05) is 33.1 Å². The molecule has 0 unspecified atom stereocenters. The number of hydrogen-bond donors (Lipinski definition) is 0. The highest BCUT2D eigenvalue weighted by Crippen LogP contribution is 2.47. The maximum absolute atomic E-state index is 6.58. The summed E-state index contributed by atoms with van der Waals surface area (Å²) in [4.78, 5) is 2.39. The topological polar surface area (TPSA) is 16.4 Å². The second kappa shape index (κ2) is 16.5. The molecule has 2 heteroatoms. The summed E-state index contributed by atoms with van der Waals surface area (Å²) in [5, 5.41) is 9.57. The Bertz CT molecular complexity index is 3990. The van der Waals surface area contributed by atoms with Gasteiger partial charge in [0.15, 0.2) is 0 Å². The summed E-state index contributed by atoms with van der Waals surface area (Å²) in [5.41, 5.74) is 16.9. The Morgan fingerprint density at radius 1 is 0.279 bits per heavy atom. The zero-order valence-corrected chi connectivity index (χ0v) is 37.2. The Hall–Kier alpha value is -8.98. The van der Waals surface area contributed by atoms with Crippen molar-refractivity contribution in [1.29, 1.82) is 0 Å². The van der Waals surface area contributed by atoms with Crippen LogP contribution in [0.1, 0.15) is 0 Å². The van der Waals surface area contributed by atoms with Gasteiger partial charge in [0.25, 0.3) is 0 Å². The first-order valence-corrected chi connectivity index (χ1v) is 23.3. The average Bonchev–Trinajstić information content (AvgIpc) is 3.82. The lowest BCUT2D eigenvalue weighted by Gasteiger charge is -2.28. The zero-order chi connectivity index (χ0) is 45.0. The molecule has 1 aromatic heterocycles. The molecule has 0 aliphatic heterocycles. The number of rotatable bonds is 8. The minimum absolute atomic E-state index is 0.893. The summed E-state index contributed by atoms with van der Waals surface area (Å²) in [6.45, 7) is 0. The molecule has 0 fully saturated rings. The minimum atomic E-state index is 0.893. The van der Waals surface area contributed by atoms with Crippen molar-refractivity contribution >= 4 is 71.3 Å². The van der Waals surface area contributed by atoms with Crippen molar-refractivity contribution in [2.24, 2.45) is 0 Å². The van der Waals surface area contributed by atoms with E-state index in [2.05, 4.69) is 266 Å². The molecule has 13 rings (SSSR count). The van der Waals surface area contributed by atoms with Crippen molar-refractivity contribution < 1.29 is 4.42 Å². The smallest absolute Gasteiger partial charge is 0.143 e. The Balaban J connectivity index is 0.944. The van der Waals surface area contributed by atoms with Crippen LogP contribution in [0.2, 0.25) is 0 Å². The molecule has 0 saturated heterocycles. The van der Waals surface area contributed by atoms with Gasteiger partial charge in [0.1, 0.15) is 11.2 Å². The third-order valence-corrected chi connectivity index (χ3v) is 13.7. The van der Waals surface area contributed by atoms with Gasteiger partial charge in [-0.05, 0) is 126 Å². The molecule has 0 spiro atoms. The normalized spacial score (nSPS) is 11.5. The molecule has 0 bridgehead atoms. The fourth-order valence-electron chi connectivity index (χ4n) is 10.5. The molecule has 0 atom stereocenters. The van der Waals surface area contributed by atoms with Gasteiger partial charge in [-0.15, -0.1) is 0 Å². The molecule has 12 aromatic carbocycles. The molecule has 0 aliphatic carbocycles. The van der Waals surface area contributed by atoms with Crippen molar-refractivity contribution in [3.8, 4) is 55.6 Å². The third kappa shape index (κ3) is 6.65. The fourth-order valence-corrected chi connectivity index (χ4v) is 10.5. The van der Waals surface area contributed by atoms with Crippen LogP contribution in [-0.4, -0.2) is 0 Å². The Labute approximate surface area is 395 Å². The molecule has 0 aliphatic rings. The van der Waals surface area contributed by atoms with Crippen molar-refractivity contribution in [3.63, 3.8) is 0 Å². The number of hydrogen-bond acceptors (Lipinski definition) is 2. The molecule has 318 valence electrons. The van der Waals surface area contributed by atoms with Crippen LogP contribution < -0.4 is 4.90 Å². The summed E-state index contributed by atoms with van der Waals surface area (Å²) in [6.07, 6.45) is 0. The van der Waals surface area contributed by atoms with Crippen molar-refractivity contribution in [2.45, 2.75) is 0 Å². The van der Waals surface area contributed by atoms with E-state index in [4.69, 9.17) is 4.42 Å². The number of furan rings is 1. The summed E-state index contributed by atoms with van der Waals surface area (Å²) in [6, 6.07) is 94.4. The molecule has 1 heterocycles. The molecular weight excluding hydrogens is 823 g/mol. The van der Waals surface area contributed by atoms with E-state index in [9.17, 15) is 0 Å². The SMILES string of the molecule is c1ccc(-c2ccccc2N(c2ccc(-c3ccc4c(c3)c(-c3ccccc3)c(-c3ccccc3)c3ccccc34)cc2)c2ccc(-c3cccc4oc5c6ccccc6ccc5c34)cc2)cc1. The molecule has 0 amide bonds. The lowest BCUT2D eigenvalue weighted by atomic mass is 9.84. The average molecular weight is 866 g/mol. The van der Waals surface area contributed by atoms with E-state index in [1.165, 1.54) is 60.3 Å². The van der Waals surface area contributed by atoms with E-state index >= 15 is 0 Å². The fraction of sp³-hybridized carbons (Fsp3) is 0. The van der Waals surface area contributed by atoms with Crippen LogP contribution in [0.4, 0.5) is 17.1 Å². The number of benzene rings is 12. The summed E-state index contributed by atoms with van der Waals surface area (Å²) >= 11 is 0. The highest BCUT2D eigenvalue weighted by Gasteiger charge is 2.21. The number of nitrogens with zero attached hydrogens (tertiary/aromatic N) is 1. The second-order valence-electron chi connectivity index (χ2n) is 17.5. The highest BCUT2D eigenvalue weighted by atomic mass is 16.3. The van der Waals surface area contributed by atoms with Crippen molar-refractivity contribution in [1.82, 2.24) is 0 Å². The van der Waals surface area contributed by atoms with Gasteiger partial charge in [0.2, 0.25) is 0 Å². The van der Waals surface area contributed by atoms with Crippen LogP contribution in [0.3, 0.4) is 0 Å². The predicted octanol–water partition coefficient (Wildman–Crippen LogP) is 18.9. The van der Waals surface area contributed by atoms with E-state index in [0.717, 1.165) is 66.6 Å². The van der Waals surface area contributed by atoms with E-state index < -0.39 is 0 Å². The van der Waals surface area contributed by atoms with Crippen LogP contribution in [0.15, 0.2) is 265 Å². The van der Waals surface area contributed by atoms with Crippen LogP contribution >= 0.6 is 0 Å². The quantitative estimate of drug-likeness (QED) is 0.142.